The van der Waals surface area contributed by atoms with Crippen molar-refractivity contribution in [3.8, 4) is 17.2 Å². The van der Waals surface area contributed by atoms with Gasteiger partial charge in [0.2, 0.25) is 12.4 Å². The number of aromatic hydroxyl groups is 1. The second-order valence-corrected chi connectivity index (χ2v) is 14.2. The molecule has 1 saturated heterocycles. The third kappa shape index (κ3) is 8.98. The molecule has 14 heteroatoms. The lowest BCUT2D eigenvalue weighted by atomic mass is 9.85. The maximum absolute atomic E-state index is 13.5. The van der Waals surface area contributed by atoms with E-state index in [-0.39, 0.29) is 39.6 Å². The largest absolute Gasteiger partial charge is 0.508 e. The second kappa shape index (κ2) is 16.8. The van der Waals surface area contributed by atoms with Crippen molar-refractivity contribution in [1.29, 1.82) is 0 Å². The number of carbonyl (C=O) groups excluding carboxylic acids is 1. The molecule has 0 amide bonds. The maximum Gasteiger partial charge on any atom is 0.346 e. The number of halogens is 2. The fraction of sp³-hybridized carbons (Fsp3) is 0.361. The average molecular weight is 746 g/mol. The number of pyridine rings is 1. The van der Waals surface area contributed by atoms with E-state index in [0.717, 1.165) is 42.0 Å². The number of phenols is 1. The van der Waals surface area contributed by atoms with Crippen molar-refractivity contribution in [1.82, 2.24) is 10.2 Å². The third-order valence-corrected chi connectivity index (χ3v) is 10.7. The van der Waals surface area contributed by atoms with Crippen molar-refractivity contribution >= 4 is 46.5 Å². The number of piperidine rings is 1. The fourth-order valence-corrected chi connectivity index (χ4v) is 7.76. The molecule has 0 aliphatic carbocycles. The van der Waals surface area contributed by atoms with Crippen molar-refractivity contribution in [3.63, 3.8) is 0 Å². The smallest absolute Gasteiger partial charge is 0.346 e. The number of aromatic carboxylic acids is 1. The highest BCUT2D eigenvalue weighted by molar-refractivity contribution is 7.14. The van der Waals surface area contributed by atoms with Crippen LogP contribution < -0.4 is 19.5 Å². The van der Waals surface area contributed by atoms with Crippen molar-refractivity contribution in [2.45, 2.75) is 37.8 Å². The van der Waals surface area contributed by atoms with Crippen LogP contribution in [0.4, 0.5) is 0 Å². The van der Waals surface area contributed by atoms with Crippen LogP contribution in [0.25, 0.3) is 0 Å². The molecule has 0 saturated carbocycles. The van der Waals surface area contributed by atoms with E-state index in [0.29, 0.717) is 45.2 Å². The van der Waals surface area contributed by atoms with E-state index in [2.05, 4.69) is 17.3 Å². The molecule has 3 heterocycles. The van der Waals surface area contributed by atoms with Crippen LogP contribution in [-0.4, -0.2) is 73.2 Å². The van der Waals surface area contributed by atoms with Crippen LogP contribution in [0.2, 0.25) is 10.0 Å². The minimum atomic E-state index is -1.12. The van der Waals surface area contributed by atoms with Gasteiger partial charge in [-0.2, -0.15) is 0 Å². The molecule has 4 aromatic rings. The molecule has 2 aromatic carbocycles. The van der Waals surface area contributed by atoms with Crippen LogP contribution in [0.15, 0.2) is 60.9 Å². The molecule has 0 spiro atoms. The Morgan fingerprint density at radius 3 is 2.36 bits per heavy atom. The van der Waals surface area contributed by atoms with Gasteiger partial charge in [0.15, 0.2) is 11.5 Å². The Morgan fingerprint density at radius 1 is 1.02 bits per heavy atom. The van der Waals surface area contributed by atoms with Crippen LogP contribution >= 0.6 is 34.5 Å². The Hall–Kier alpha value is -4.07. The lowest BCUT2D eigenvalue weighted by Crippen LogP contribution is -2.34. The predicted octanol–water partition coefficient (Wildman–Crippen LogP) is 6.09. The lowest BCUT2D eigenvalue weighted by molar-refractivity contribution is -0.904. The van der Waals surface area contributed by atoms with Crippen molar-refractivity contribution < 1.29 is 44.0 Å². The van der Waals surface area contributed by atoms with Gasteiger partial charge in [0.1, 0.15) is 26.7 Å². The van der Waals surface area contributed by atoms with E-state index >= 15 is 0 Å². The molecule has 1 unspecified atom stereocenters. The summed E-state index contributed by atoms with van der Waals surface area (Å²) in [6, 6.07) is 12.6. The molecule has 50 heavy (non-hydrogen) atoms. The number of hydrogen-bond acceptors (Lipinski definition) is 10. The SMILES string of the molecule is COc1ccc([C@H](Cc2c(Cl)c[n+](O)cc2Cl)c2cc(CNC(C(=O)OCC3CCN(C)CC3)c3cccc(O)c3)sc2C(=O)O)cc1OC. The predicted molar refractivity (Wildman–Crippen MR) is 189 cm³/mol. The molecule has 266 valence electrons. The number of hydrogen-bond donors (Lipinski definition) is 4. The first-order valence-corrected chi connectivity index (χ1v) is 17.6. The summed E-state index contributed by atoms with van der Waals surface area (Å²) < 4.78 is 17.6. The molecule has 0 radical (unpaired) electrons. The van der Waals surface area contributed by atoms with Crippen LogP contribution in [-0.2, 0) is 22.5 Å². The number of methoxy groups -OCH3 is 2. The van der Waals surface area contributed by atoms with Gasteiger partial charge in [0.25, 0.3) is 0 Å². The maximum atomic E-state index is 13.5. The number of phenolic OH excluding ortho intramolecular Hbond substituents is 1. The van der Waals surface area contributed by atoms with Gasteiger partial charge in [0.05, 0.1) is 20.8 Å². The van der Waals surface area contributed by atoms with Crippen molar-refractivity contribution in [2.75, 3.05) is 41.0 Å². The number of esters is 1. The zero-order valence-electron chi connectivity index (χ0n) is 27.9. The molecular formula is C36H40Cl2N3O8S+. The van der Waals surface area contributed by atoms with Crippen LogP contribution in [0.3, 0.4) is 0 Å². The lowest BCUT2D eigenvalue weighted by Gasteiger charge is -2.29. The van der Waals surface area contributed by atoms with Gasteiger partial charge in [-0.25, -0.2) is 9.59 Å². The summed E-state index contributed by atoms with van der Waals surface area (Å²) >= 11 is 14.2. The highest BCUT2D eigenvalue weighted by Gasteiger charge is 2.30. The first-order chi connectivity index (χ1) is 24.0. The van der Waals surface area contributed by atoms with Crippen molar-refractivity contribution in [2.24, 2.45) is 5.92 Å². The number of aromatic nitrogens is 1. The van der Waals surface area contributed by atoms with Gasteiger partial charge in [0, 0.05) is 27.6 Å². The van der Waals surface area contributed by atoms with Crippen LogP contribution in [0.5, 0.6) is 17.2 Å². The molecule has 1 fully saturated rings. The normalized spacial score (nSPS) is 15.0. The fourth-order valence-electron chi connectivity index (χ4n) is 6.14. The Kier molecular flexibility index (Phi) is 12.5. The summed E-state index contributed by atoms with van der Waals surface area (Å²) in [4.78, 5) is 29.3. The molecule has 1 aliphatic heterocycles. The van der Waals surface area contributed by atoms with Crippen LogP contribution in [0, 0.1) is 5.92 Å². The Balaban J connectivity index is 1.47. The standard InChI is InChI=1S/C36H39Cl2N3O8S/c1-40-11-9-21(10-12-40)20-49-36(45)33(23-5-4-6-24(42)13-23)39-17-25-15-27(34(50-25)35(43)44)26(16-28-29(37)18-41(46)19-30(28)38)22-7-8-31(47-2)32(14-22)48-3/h4-8,13-15,18-19,21,26,33,39H,9-12,16-17,20H2,1-3H3,(H2-,42,43,44,46)/p+1/t26-,33?/m0/s1. The number of likely N-dealkylation sites (tertiary alicyclic amines) is 1. The summed E-state index contributed by atoms with van der Waals surface area (Å²) in [7, 11) is 5.11. The Morgan fingerprint density at radius 2 is 1.72 bits per heavy atom. The van der Waals surface area contributed by atoms with Gasteiger partial charge in [-0.3, -0.25) is 10.5 Å². The first kappa shape index (κ1) is 37.2. The third-order valence-electron chi connectivity index (χ3n) is 8.89. The second-order valence-electron chi connectivity index (χ2n) is 12.3. The van der Waals surface area contributed by atoms with Crippen LogP contribution in [0.1, 0.15) is 61.6 Å². The highest BCUT2D eigenvalue weighted by atomic mass is 35.5. The molecule has 2 aromatic heterocycles. The number of carbonyl (C=O) groups is 2. The number of thiophene rings is 1. The zero-order valence-corrected chi connectivity index (χ0v) is 30.2. The zero-order chi connectivity index (χ0) is 35.9. The monoisotopic (exact) mass is 744 g/mol. The summed E-state index contributed by atoms with van der Waals surface area (Å²) in [5.74, 6) is -0.953. The molecule has 1 aliphatic rings. The number of carboxylic acid groups (broad SMARTS) is 1. The van der Waals surface area contributed by atoms with Crippen molar-refractivity contribution in [3.05, 3.63) is 103 Å². The highest BCUT2D eigenvalue weighted by Crippen LogP contribution is 2.41. The first-order valence-electron chi connectivity index (χ1n) is 16.0. The van der Waals surface area contributed by atoms with Gasteiger partial charge >= 0.3 is 11.9 Å². The minimum Gasteiger partial charge on any atom is -0.508 e. The van der Waals surface area contributed by atoms with E-state index < -0.39 is 23.9 Å². The van der Waals surface area contributed by atoms with E-state index in [1.54, 1.807) is 30.3 Å². The number of carboxylic acids is 1. The summed E-state index contributed by atoms with van der Waals surface area (Å²) in [6.45, 7) is 2.31. The number of benzene rings is 2. The Labute approximate surface area is 304 Å². The molecule has 2 atom stereocenters. The molecule has 5 rings (SSSR count). The topological polar surface area (TPSA) is 142 Å². The van der Waals surface area contributed by atoms with E-state index in [4.69, 9.17) is 37.4 Å². The summed E-state index contributed by atoms with van der Waals surface area (Å²) in [5.41, 5.74) is 2.24. The van der Waals surface area contributed by atoms with Gasteiger partial charge in [-0.1, -0.05) is 41.4 Å². The molecule has 0 bridgehead atoms. The molecular weight excluding hydrogens is 705 g/mol. The van der Waals surface area contributed by atoms with E-state index in [1.165, 1.54) is 38.7 Å². The van der Waals surface area contributed by atoms with Gasteiger partial charge in [-0.15, -0.1) is 11.3 Å². The number of rotatable bonds is 14. The average Bonchev–Trinajstić information content (AvgIpc) is 3.52. The minimum absolute atomic E-state index is 0.00621. The number of ether oxygens (including phenoxy) is 3. The number of nitrogens with one attached hydrogen (secondary N) is 1. The quantitative estimate of drug-likeness (QED) is 0.0681. The van der Waals surface area contributed by atoms with Gasteiger partial charge in [-0.05, 0) is 92.3 Å². The molecule has 11 nitrogen and oxygen atoms in total. The Bertz CT molecular complexity index is 1810. The van der Waals surface area contributed by atoms with E-state index in [9.17, 15) is 25.0 Å². The summed E-state index contributed by atoms with van der Waals surface area (Å²) in [6.07, 6.45) is 4.67. The van der Waals surface area contributed by atoms with Gasteiger partial charge < -0.3 is 29.3 Å². The number of nitrogens with zero attached hydrogens (tertiary/aromatic N) is 2. The summed E-state index contributed by atoms with van der Waals surface area (Å²) in [5, 5.41) is 34.2. The van der Waals surface area contributed by atoms with E-state index in [1.807, 2.05) is 6.07 Å². The molecule has 4 N–H and O–H groups in total.